The van der Waals surface area contributed by atoms with E-state index in [2.05, 4.69) is 4.74 Å². The van der Waals surface area contributed by atoms with Gasteiger partial charge < -0.3 is 13.9 Å². The van der Waals surface area contributed by atoms with E-state index in [0.717, 1.165) is 27.7 Å². The Bertz CT molecular complexity index is 773. The Morgan fingerprint density at radius 2 is 1.90 bits per heavy atom. The molecule has 21 heavy (non-hydrogen) atoms. The van der Waals surface area contributed by atoms with E-state index in [1.807, 2.05) is 42.5 Å². The molecule has 3 aromatic rings. The fraction of sp³-hybridized carbons (Fsp3) is 0.235. The summed E-state index contributed by atoms with van der Waals surface area (Å²) in [6.45, 7) is 0.483. The van der Waals surface area contributed by atoms with E-state index in [-0.39, 0.29) is 5.97 Å². The lowest BCUT2D eigenvalue weighted by molar-refractivity contribution is -0.140. The molecule has 108 valence electrons. The van der Waals surface area contributed by atoms with Gasteiger partial charge in [-0.05, 0) is 30.7 Å². The molecule has 3 rings (SSSR count). The van der Waals surface area contributed by atoms with Crippen molar-refractivity contribution < 1.29 is 18.7 Å². The number of esters is 1. The molecule has 0 amide bonds. The van der Waals surface area contributed by atoms with Crippen LogP contribution in [0.15, 0.2) is 46.9 Å². The topological polar surface area (TPSA) is 48.7 Å². The van der Waals surface area contributed by atoms with Crippen LogP contribution in [0.1, 0.15) is 12.8 Å². The van der Waals surface area contributed by atoms with Gasteiger partial charge in [0, 0.05) is 17.2 Å². The number of carbonyl (C=O) groups is 1. The van der Waals surface area contributed by atoms with Crippen LogP contribution in [0.3, 0.4) is 0 Å². The Kier molecular flexibility index (Phi) is 3.77. The fourth-order valence-corrected chi connectivity index (χ4v) is 2.30. The zero-order chi connectivity index (χ0) is 14.7. The zero-order valence-electron chi connectivity index (χ0n) is 11.8. The van der Waals surface area contributed by atoms with Crippen molar-refractivity contribution >= 4 is 27.9 Å². The highest BCUT2D eigenvalue weighted by Crippen LogP contribution is 2.31. The molecule has 0 bridgehead atoms. The summed E-state index contributed by atoms with van der Waals surface area (Å²) in [5.74, 6) is 0.564. The van der Waals surface area contributed by atoms with Crippen molar-refractivity contribution in [1.29, 1.82) is 0 Å². The van der Waals surface area contributed by atoms with Crippen molar-refractivity contribution in [1.82, 2.24) is 0 Å². The summed E-state index contributed by atoms with van der Waals surface area (Å²) >= 11 is 0. The highest BCUT2D eigenvalue weighted by Gasteiger charge is 2.07. The number of hydrogen-bond donors (Lipinski definition) is 0. The number of rotatable bonds is 5. The van der Waals surface area contributed by atoms with Crippen LogP contribution in [-0.2, 0) is 9.53 Å². The number of para-hydroxylation sites is 1. The highest BCUT2D eigenvalue weighted by molar-refractivity contribution is 6.05. The summed E-state index contributed by atoms with van der Waals surface area (Å²) in [5, 5.41) is 2.11. The summed E-state index contributed by atoms with van der Waals surface area (Å²) in [6.07, 6.45) is 1.00. The van der Waals surface area contributed by atoms with Gasteiger partial charge >= 0.3 is 5.97 Å². The molecule has 0 aliphatic heterocycles. The first kappa shape index (κ1) is 13.5. The Morgan fingerprint density at radius 3 is 2.76 bits per heavy atom. The van der Waals surface area contributed by atoms with Crippen LogP contribution >= 0.6 is 0 Å². The van der Waals surface area contributed by atoms with Gasteiger partial charge in [0.25, 0.3) is 0 Å². The molecular weight excluding hydrogens is 268 g/mol. The molecule has 0 saturated heterocycles. The molecule has 0 unspecified atom stereocenters. The molecule has 0 aliphatic carbocycles. The van der Waals surface area contributed by atoms with Crippen molar-refractivity contribution in [2.75, 3.05) is 13.7 Å². The van der Waals surface area contributed by atoms with Crippen LogP contribution in [-0.4, -0.2) is 19.7 Å². The normalized spacial score (nSPS) is 10.9. The minimum atomic E-state index is -0.213. The van der Waals surface area contributed by atoms with Crippen molar-refractivity contribution in [3.8, 4) is 5.75 Å². The lowest BCUT2D eigenvalue weighted by atomic mass is 10.1. The number of benzene rings is 2. The first-order chi connectivity index (χ1) is 10.3. The second-order valence-electron chi connectivity index (χ2n) is 4.78. The van der Waals surface area contributed by atoms with Gasteiger partial charge in [0.2, 0.25) is 0 Å². The van der Waals surface area contributed by atoms with Gasteiger partial charge in [0.1, 0.15) is 16.9 Å². The predicted octanol–water partition coefficient (Wildman–Crippen LogP) is 3.92. The summed E-state index contributed by atoms with van der Waals surface area (Å²) in [6, 6.07) is 13.7. The molecule has 0 atom stereocenters. The van der Waals surface area contributed by atoms with Crippen molar-refractivity contribution in [2.45, 2.75) is 12.8 Å². The van der Waals surface area contributed by atoms with E-state index in [9.17, 15) is 4.79 Å². The van der Waals surface area contributed by atoms with Crippen LogP contribution in [0.5, 0.6) is 5.75 Å². The smallest absolute Gasteiger partial charge is 0.305 e. The third-order valence-electron chi connectivity index (χ3n) is 3.37. The monoisotopic (exact) mass is 284 g/mol. The minimum absolute atomic E-state index is 0.213. The second kappa shape index (κ2) is 5.87. The maximum Gasteiger partial charge on any atom is 0.305 e. The molecule has 0 aliphatic rings. The molecule has 0 fully saturated rings. The Morgan fingerprint density at radius 1 is 1.10 bits per heavy atom. The molecule has 1 aromatic heterocycles. The highest BCUT2D eigenvalue weighted by atomic mass is 16.5. The van der Waals surface area contributed by atoms with Crippen LogP contribution in [0.4, 0.5) is 0 Å². The minimum Gasteiger partial charge on any atom is -0.494 e. The summed E-state index contributed by atoms with van der Waals surface area (Å²) in [7, 11) is 1.39. The van der Waals surface area contributed by atoms with Crippen molar-refractivity contribution in [3.63, 3.8) is 0 Å². The number of furan rings is 1. The Hall–Kier alpha value is -2.49. The largest absolute Gasteiger partial charge is 0.494 e. The number of fused-ring (bicyclic) bond motifs is 3. The first-order valence-corrected chi connectivity index (χ1v) is 6.89. The van der Waals surface area contributed by atoms with Crippen LogP contribution < -0.4 is 4.74 Å². The van der Waals surface area contributed by atoms with Gasteiger partial charge in [-0.2, -0.15) is 0 Å². The van der Waals surface area contributed by atoms with Gasteiger partial charge in [-0.3, -0.25) is 4.79 Å². The molecule has 0 N–H and O–H groups in total. The Balaban J connectivity index is 1.74. The maximum absolute atomic E-state index is 11.0. The Labute approximate surface area is 122 Å². The number of carbonyl (C=O) groups excluding carboxylic acids is 1. The van der Waals surface area contributed by atoms with Crippen molar-refractivity contribution in [3.05, 3.63) is 42.5 Å². The van der Waals surface area contributed by atoms with E-state index < -0.39 is 0 Å². The molecule has 0 radical (unpaired) electrons. The molecule has 0 saturated carbocycles. The zero-order valence-corrected chi connectivity index (χ0v) is 11.8. The number of methoxy groups -OCH3 is 1. The summed E-state index contributed by atoms with van der Waals surface area (Å²) in [5.41, 5.74) is 1.72. The van der Waals surface area contributed by atoms with E-state index in [4.69, 9.17) is 9.15 Å². The number of ether oxygens (including phenoxy) is 2. The molecule has 4 nitrogen and oxygen atoms in total. The van der Waals surface area contributed by atoms with Gasteiger partial charge in [-0.15, -0.1) is 0 Å². The summed E-state index contributed by atoms with van der Waals surface area (Å²) < 4.78 is 16.0. The molecule has 2 aromatic carbocycles. The maximum atomic E-state index is 11.0. The van der Waals surface area contributed by atoms with Gasteiger partial charge in [0.15, 0.2) is 0 Å². The SMILES string of the molecule is COC(=O)CCCOc1ccc2oc3ccccc3c2c1. The van der Waals surface area contributed by atoms with Crippen molar-refractivity contribution in [2.24, 2.45) is 0 Å². The van der Waals surface area contributed by atoms with E-state index in [0.29, 0.717) is 19.4 Å². The van der Waals surface area contributed by atoms with E-state index in [1.54, 1.807) is 0 Å². The average molecular weight is 284 g/mol. The van der Waals surface area contributed by atoms with Crippen LogP contribution in [0, 0.1) is 0 Å². The molecular formula is C17H16O4. The van der Waals surface area contributed by atoms with E-state index in [1.165, 1.54) is 7.11 Å². The summed E-state index contributed by atoms with van der Waals surface area (Å²) in [4.78, 5) is 11.0. The standard InChI is InChI=1S/C17H16O4/c1-19-17(18)7-4-10-20-12-8-9-16-14(11-12)13-5-2-3-6-15(13)21-16/h2-3,5-6,8-9,11H,4,7,10H2,1H3. The molecule has 4 heteroatoms. The van der Waals surface area contributed by atoms with E-state index >= 15 is 0 Å². The fourth-order valence-electron chi connectivity index (χ4n) is 2.30. The second-order valence-corrected chi connectivity index (χ2v) is 4.78. The lowest BCUT2D eigenvalue weighted by Gasteiger charge is -2.05. The quantitative estimate of drug-likeness (QED) is 0.526. The van der Waals surface area contributed by atoms with Gasteiger partial charge in [-0.25, -0.2) is 0 Å². The predicted molar refractivity (Wildman–Crippen MR) is 80.5 cm³/mol. The van der Waals surface area contributed by atoms with Crippen LogP contribution in [0.25, 0.3) is 21.9 Å². The third kappa shape index (κ3) is 2.84. The van der Waals surface area contributed by atoms with Gasteiger partial charge in [0.05, 0.1) is 13.7 Å². The first-order valence-electron chi connectivity index (χ1n) is 6.89. The third-order valence-corrected chi connectivity index (χ3v) is 3.37. The van der Waals surface area contributed by atoms with Gasteiger partial charge in [-0.1, -0.05) is 18.2 Å². The lowest BCUT2D eigenvalue weighted by Crippen LogP contribution is -2.04. The molecule has 0 spiro atoms. The van der Waals surface area contributed by atoms with Crippen LogP contribution in [0.2, 0.25) is 0 Å². The molecule has 1 heterocycles. The number of hydrogen-bond acceptors (Lipinski definition) is 4. The average Bonchev–Trinajstić information content (AvgIpc) is 2.89.